The highest BCUT2D eigenvalue weighted by Crippen LogP contribution is 2.25. The second-order valence-electron chi connectivity index (χ2n) is 9.50. The van der Waals surface area contributed by atoms with Crippen LogP contribution in [0.2, 0.25) is 0 Å². The summed E-state index contributed by atoms with van der Waals surface area (Å²) in [6, 6.07) is 18.0. The van der Waals surface area contributed by atoms with E-state index in [9.17, 15) is 13.2 Å². The Balaban J connectivity index is 1.36. The minimum Gasteiger partial charge on any atom is -0.493 e. The maximum absolute atomic E-state index is 15.1. The van der Waals surface area contributed by atoms with Crippen molar-refractivity contribution in [1.29, 1.82) is 0 Å². The van der Waals surface area contributed by atoms with Crippen LogP contribution in [0.3, 0.4) is 0 Å². The molecule has 4 rings (SSSR count). The van der Waals surface area contributed by atoms with Crippen molar-refractivity contribution in [3.63, 3.8) is 0 Å². The van der Waals surface area contributed by atoms with Gasteiger partial charge in [-0.2, -0.15) is 0 Å². The molecule has 0 saturated carbocycles. The zero-order valence-corrected chi connectivity index (χ0v) is 21.1. The maximum atomic E-state index is 15.1. The van der Waals surface area contributed by atoms with Crippen molar-refractivity contribution in [3.8, 4) is 5.75 Å². The molecule has 0 aliphatic carbocycles. The third-order valence-electron chi connectivity index (χ3n) is 6.74. The summed E-state index contributed by atoms with van der Waals surface area (Å²) in [5.74, 6) is -1.81. The number of benzene rings is 4. The number of fused-ring (bicyclic) bond motifs is 1. The molecule has 0 saturated heterocycles. The predicted octanol–water partition coefficient (Wildman–Crippen LogP) is 8.93. The Morgan fingerprint density at radius 3 is 2.08 bits per heavy atom. The molecular formula is C32H32F4O. The fourth-order valence-electron chi connectivity index (χ4n) is 4.53. The lowest BCUT2D eigenvalue weighted by Crippen LogP contribution is -2.00. The molecule has 0 aromatic heterocycles. The molecule has 194 valence electrons. The lowest BCUT2D eigenvalue weighted by atomic mass is 9.97. The van der Waals surface area contributed by atoms with E-state index in [1.165, 1.54) is 25.0 Å². The number of hydrogen-bond acceptors (Lipinski definition) is 1. The van der Waals surface area contributed by atoms with Gasteiger partial charge in [-0.1, -0.05) is 68.7 Å². The Morgan fingerprint density at radius 1 is 0.595 bits per heavy atom. The average molecular weight is 509 g/mol. The number of aryl methyl sites for hydroxylation is 4. The van der Waals surface area contributed by atoms with E-state index >= 15 is 4.39 Å². The molecule has 0 spiro atoms. The van der Waals surface area contributed by atoms with Gasteiger partial charge in [0.25, 0.3) is 0 Å². The zero-order valence-electron chi connectivity index (χ0n) is 21.1. The van der Waals surface area contributed by atoms with Crippen LogP contribution in [0.25, 0.3) is 10.8 Å². The van der Waals surface area contributed by atoms with Crippen molar-refractivity contribution in [2.24, 2.45) is 0 Å². The van der Waals surface area contributed by atoms with Crippen LogP contribution in [0.15, 0.2) is 66.7 Å². The summed E-state index contributed by atoms with van der Waals surface area (Å²) < 4.78 is 62.0. The van der Waals surface area contributed by atoms with E-state index in [1.807, 2.05) is 24.3 Å². The quantitative estimate of drug-likeness (QED) is 0.137. The Morgan fingerprint density at radius 2 is 1.32 bits per heavy atom. The second-order valence-corrected chi connectivity index (χ2v) is 9.50. The Kier molecular flexibility index (Phi) is 9.21. The van der Waals surface area contributed by atoms with Crippen LogP contribution >= 0.6 is 0 Å². The van der Waals surface area contributed by atoms with Gasteiger partial charge in [-0.15, -0.1) is 0 Å². The van der Waals surface area contributed by atoms with Gasteiger partial charge >= 0.3 is 0 Å². The van der Waals surface area contributed by atoms with Crippen LogP contribution < -0.4 is 4.74 Å². The highest BCUT2D eigenvalue weighted by atomic mass is 19.2. The Hall–Kier alpha value is -3.34. The van der Waals surface area contributed by atoms with Crippen LogP contribution in [0.1, 0.15) is 54.9 Å². The molecule has 0 radical (unpaired) electrons. The molecule has 0 fully saturated rings. The summed E-state index contributed by atoms with van der Waals surface area (Å²) in [7, 11) is 0. The number of unbranched alkanes of at least 4 members (excludes halogenated alkanes) is 3. The van der Waals surface area contributed by atoms with Gasteiger partial charge < -0.3 is 4.74 Å². The Bertz CT molecular complexity index is 1350. The first-order chi connectivity index (χ1) is 17.9. The summed E-state index contributed by atoms with van der Waals surface area (Å²) in [5, 5.41) is 1.29. The smallest absolute Gasteiger partial charge is 0.159 e. The van der Waals surface area contributed by atoms with Gasteiger partial charge in [0.2, 0.25) is 0 Å². The molecular weight excluding hydrogens is 476 g/mol. The van der Waals surface area contributed by atoms with Crippen molar-refractivity contribution >= 4 is 10.8 Å². The topological polar surface area (TPSA) is 9.23 Å². The summed E-state index contributed by atoms with van der Waals surface area (Å²) in [5.41, 5.74) is 2.77. The van der Waals surface area contributed by atoms with Gasteiger partial charge in [-0.25, -0.2) is 17.6 Å². The molecule has 0 unspecified atom stereocenters. The molecule has 37 heavy (non-hydrogen) atoms. The van der Waals surface area contributed by atoms with Gasteiger partial charge in [-0.3, -0.25) is 0 Å². The van der Waals surface area contributed by atoms with E-state index in [-0.39, 0.29) is 11.6 Å². The summed E-state index contributed by atoms with van der Waals surface area (Å²) in [6.07, 6.45) is 6.38. The Labute approximate surface area is 216 Å². The van der Waals surface area contributed by atoms with Crippen LogP contribution in [0.5, 0.6) is 5.75 Å². The van der Waals surface area contributed by atoms with Crippen LogP contribution in [-0.4, -0.2) is 6.61 Å². The van der Waals surface area contributed by atoms with Crippen molar-refractivity contribution in [2.75, 3.05) is 6.61 Å². The maximum Gasteiger partial charge on any atom is 0.159 e. The van der Waals surface area contributed by atoms with Crippen LogP contribution in [0.4, 0.5) is 17.6 Å². The first-order valence-electron chi connectivity index (χ1n) is 13.0. The molecule has 0 atom stereocenters. The molecule has 4 aromatic rings. The van der Waals surface area contributed by atoms with Crippen molar-refractivity contribution in [1.82, 2.24) is 0 Å². The van der Waals surface area contributed by atoms with E-state index < -0.39 is 11.6 Å². The number of halogens is 4. The van der Waals surface area contributed by atoms with Crippen molar-refractivity contribution in [3.05, 3.63) is 112 Å². The van der Waals surface area contributed by atoms with Gasteiger partial charge in [-0.05, 0) is 77.9 Å². The normalized spacial score (nSPS) is 11.3. The average Bonchev–Trinajstić information content (AvgIpc) is 2.89. The molecule has 1 nitrogen and oxygen atoms in total. The number of hydrogen-bond donors (Lipinski definition) is 0. The standard InChI is InChI=1S/C32H32F4O/c1-2-3-4-5-18-37-27-15-14-24(30(34)21-27)10-6-22-8-16-28-26(19-22)13-12-25(32(28)36)11-7-23-9-17-29(33)31(35)20-23/h8-9,12-17,19-21H,2-7,10-11,18H2,1H3. The number of ether oxygens (including phenoxy) is 1. The van der Waals surface area contributed by atoms with Crippen molar-refractivity contribution in [2.45, 2.75) is 58.3 Å². The van der Waals surface area contributed by atoms with E-state index in [1.54, 1.807) is 18.2 Å². The summed E-state index contributed by atoms with van der Waals surface area (Å²) in [4.78, 5) is 0. The first kappa shape index (κ1) is 26.7. The minimum absolute atomic E-state index is 0.274. The molecule has 4 aromatic carbocycles. The van der Waals surface area contributed by atoms with E-state index in [0.717, 1.165) is 35.9 Å². The van der Waals surface area contributed by atoms with E-state index in [0.29, 0.717) is 60.1 Å². The predicted molar refractivity (Wildman–Crippen MR) is 141 cm³/mol. The SMILES string of the molecule is CCCCCCOc1ccc(CCc2ccc3c(F)c(CCc4ccc(F)c(F)c4)ccc3c2)c(F)c1. The van der Waals surface area contributed by atoms with E-state index in [2.05, 4.69) is 6.92 Å². The monoisotopic (exact) mass is 508 g/mol. The third-order valence-corrected chi connectivity index (χ3v) is 6.74. The van der Waals surface area contributed by atoms with E-state index in [4.69, 9.17) is 4.74 Å². The second kappa shape index (κ2) is 12.8. The van der Waals surface area contributed by atoms with Crippen LogP contribution in [-0.2, 0) is 25.7 Å². The highest BCUT2D eigenvalue weighted by Gasteiger charge is 2.11. The lowest BCUT2D eigenvalue weighted by Gasteiger charge is -2.10. The largest absolute Gasteiger partial charge is 0.493 e. The summed E-state index contributed by atoms with van der Waals surface area (Å²) in [6.45, 7) is 2.75. The zero-order chi connectivity index (χ0) is 26.2. The fourth-order valence-corrected chi connectivity index (χ4v) is 4.53. The summed E-state index contributed by atoms with van der Waals surface area (Å²) >= 11 is 0. The fraction of sp³-hybridized carbons (Fsp3) is 0.312. The molecule has 0 aliphatic heterocycles. The van der Waals surface area contributed by atoms with Gasteiger partial charge in [0.1, 0.15) is 17.4 Å². The molecule has 0 heterocycles. The molecule has 0 N–H and O–H groups in total. The van der Waals surface area contributed by atoms with Gasteiger partial charge in [0, 0.05) is 11.5 Å². The highest BCUT2D eigenvalue weighted by molar-refractivity contribution is 5.84. The van der Waals surface area contributed by atoms with Crippen molar-refractivity contribution < 1.29 is 22.3 Å². The van der Waals surface area contributed by atoms with Crippen LogP contribution in [0, 0.1) is 23.3 Å². The first-order valence-corrected chi connectivity index (χ1v) is 13.0. The molecule has 0 amide bonds. The molecule has 0 bridgehead atoms. The molecule has 5 heteroatoms. The lowest BCUT2D eigenvalue weighted by molar-refractivity contribution is 0.303. The number of rotatable bonds is 12. The van der Waals surface area contributed by atoms with Gasteiger partial charge in [0.15, 0.2) is 11.6 Å². The van der Waals surface area contributed by atoms with Gasteiger partial charge in [0.05, 0.1) is 6.61 Å². The minimum atomic E-state index is -0.897. The molecule has 0 aliphatic rings. The third kappa shape index (κ3) is 7.12.